The maximum Gasteiger partial charge on any atom is 0.148 e. The fraction of sp³-hybridized carbons (Fsp3) is 0.250. The molecule has 24 heavy (non-hydrogen) atoms. The third-order valence-electron chi connectivity index (χ3n) is 3.55. The molecule has 2 aromatic heterocycles. The Hall–Kier alpha value is -2.03. The van der Waals surface area contributed by atoms with Gasteiger partial charge in [-0.2, -0.15) is 0 Å². The number of anilines is 1. The first kappa shape index (κ1) is 16.8. The number of nitrogens with two attached hydrogens (primary N) is 1. The van der Waals surface area contributed by atoms with E-state index in [1.165, 1.54) is 6.26 Å². The smallest absolute Gasteiger partial charge is 0.148 e. The van der Waals surface area contributed by atoms with E-state index in [2.05, 4.69) is 15.3 Å². The zero-order chi connectivity index (χ0) is 17.2. The Morgan fingerprint density at radius 2 is 2.12 bits per heavy atom. The van der Waals surface area contributed by atoms with Crippen LogP contribution in [-0.4, -0.2) is 36.9 Å². The van der Waals surface area contributed by atoms with Gasteiger partial charge < -0.3 is 11.1 Å². The molecule has 0 aliphatic rings. The second kappa shape index (κ2) is 6.84. The molecule has 0 atom stereocenters. The second-order valence-electron chi connectivity index (χ2n) is 5.57. The van der Waals surface area contributed by atoms with Crippen molar-refractivity contribution >= 4 is 37.8 Å². The van der Waals surface area contributed by atoms with Gasteiger partial charge in [0.1, 0.15) is 14.8 Å². The molecule has 3 N–H and O–H groups in total. The molecule has 0 aliphatic carbocycles. The minimum absolute atomic E-state index is 0.127. The van der Waals surface area contributed by atoms with Crippen LogP contribution < -0.4 is 11.1 Å². The van der Waals surface area contributed by atoms with E-state index in [9.17, 15) is 8.42 Å². The van der Waals surface area contributed by atoms with Gasteiger partial charge in [0.25, 0.3) is 0 Å². The van der Waals surface area contributed by atoms with E-state index >= 15 is 0 Å². The summed E-state index contributed by atoms with van der Waals surface area (Å²) in [5.41, 5.74) is 9.43. The van der Waals surface area contributed by atoms with Crippen LogP contribution in [0, 0.1) is 0 Å². The number of aromatic nitrogens is 2. The van der Waals surface area contributed by atoms with Crippen LogP contribution in [0.1, 0.15) is 5.01 Å². The summed E-state index contributed by atoms with van der Waals surface area (Å²) in [4.78, 5) is 8.89. The lowest BCUT2D eigenvalue weighted by Crippen LogP contribution is -2.21. The summed E-state index contributed by atoms with van der Waals surface area (Å²) in [6, 6.07) is 7.69. The van der Waals surface area contributed by atoms with Crippen LogP contribution in [0.15, 0.2) is 35.8 Å². The topological polar surface area (TPSA) is 98.0 Å². The molecule has 0 saturated carbocycles. The first-order valence-corrected chi connectivity index (χ1v) is 10.3. The Morgan fingerprint density at radius 1 is 1.29 bits per heavy atom. The first-order valence-electron chi connectivity index (χ1n) is 7.40. The summed E-state index contributed by atoms with van der Waals surface area (Å²) in [6.07, 6.45) is 2.93. The van der Waals surface area contributed by atoms with Crippen LogP contribution in [0.2, 0.25) is 0 Å². The lowest BCUT2D eigenvalue weighted by molar-refractivity contribution is 0.596. The first-order chi connectivity index (χ1) is 11.4. The summed E-state index contributed by atoms with van der Waals surface area (Å²) >= 11 is 1.54. The lowest BCUT2D eigenvalue weighted by Gasteiger charge is -2.03. The van der Waals surface area contributed by atoms with Crippen molar-refractivity contribution in [3.63, 3.8) is 0 Å². The van der Waals surface area contributed by atoms with Gasteiger partial charge in [-0.3, -0.25) is 4.98 Å². The highest BCUT2D eigenvalue weighted by atomic mass is 32.2. The number of benzene rings is 1. The normalized spacial score (nSPS) is 11.9. The van der Waals surface area contributed by atoms with Gasteiger partial charge in [-0.15, -0.1) is 11.3 Å². The Labute approximate surface area is 144 Å². The van der Waals surface area contributed by atoms with Crippen LogP contribution >= 0.6 is 11.3 Å². The van der Waals surface area contributed by atoms with Gasteiger partial charge in [0.05, 0.1) is 17.0 Å². The molecular formula is C16H18N4O2S2. The number of nitrogens with one attached hydrogen (secondary N) is 1. The molecule has 0 saturated heterocycles. The minimum atomic E-state index is -2.94. The molecule has 3 rings (SSSR count). The number of fused-ring (bicyclic) bond motifs is 1. The zero-order valence-corrected chi connectivity index (χ0v) is 14.8. The highest BCUT2D eigenvalue weighted by Crippen LogP contribution is 2.27. The number of hydrogen-bond donors (Lipinski definition) is 2. The van der Waals surface area contributed by atoms with Crippen LogP contribution in [0.25, 0.3) is 22.2 Å². The maximum absolute atomic E-state index is 11.1. The number of sulfone groups is 1. The van der Waals surface area contributed by atoms with E-state index in [1.54, 1.807) is 23.6 Å². The molecule has 0 spiro atoms. The monoisotopic (exact) mass is 362 g/mol. The highest BCUT2D eigenvalue weighted by molar-refractivity contribution is 7.90. The third-order valence-corrected chi connectivity index (χ3v) is 5.34. The van der Waals surface area contributed by atoms with E-state index < -0.39 is 9.84 Å². The molecular weight excluding hydrogens is 344 g/mol. The molecule has 0 fully saturated rings. The van der Waals surface area contributed by atoms with Crippen LogP contribution in [0.3, 0.4) is 0 Å². The van der Waals surface area contributed by atoms with Crippen molar-refractivity contribution in [1.82, 2.24) is 15.3 Å². The zero-order valence-electron chi connectivity index (χ0n) is 13.2. The van der Waals surface area contributed by atoms with Gasteiger partial charge in [-0.1, -0.05) is 6.07 Å². The van der Waals surface area contributed by atoms with Gasteiger partial charge in [0.2, 0.25) is 0 Å². The van der Waals surface area contributed by atoms with Gasteiger partial charge >= 0.3 is 0 Å². The maximum atomic E-state index is 11.1. The van der Waals surface area contributed by atoms with E-state index in [0.717, 1.165) is 27.2 Å². The van der Waals surface area contributed by atoms with Gasteiger partial charge in [-0.25, -0.2) is 13.4 Å². The van der Waals surface area contributed by atoms with Crippen LogP contribution in [0.4, 0.5) is 5.69 Å². The largest absolute Gasteiger partial charge is 0.398 e. The molecule has 0 unspecified atom stereocenters. The second-order valence-corrected chi connectivity index (χ2v) is 8.77. The molecule has 3 aromatic rings. The quantitative estimate of drug-likeness (QED) is 0.652. The van der Waals surface area contributed by atoms with Crippen molar-refractivity contribution in [3.05, 3.63) is 40.8 Å². The van der Waals surface area contributed by atoms with Crippen molar-refractivity contribution in [2.24, 2.45) is 0 Å². The van der Waals surface area contributed by atoms with Crippen LogP contribution in [-0.2, 0) is 16.4 Å². The van der Waals surface area contributed by atoms with Gasteiger partial charge in [-0.05, 0) is 18.2 Å². The Kier molecular flexibility index (Phi) is 4.79. The van der Waals surface area contributed by atoms with Crippen molar-refractivity contribution < 1.29 is 8.42 Å². The number of nitrogens with zero attached hydrogens (tertiary/aromatic N) is 2. The Bertz CT molecular complexity index is 967. The highest BCUT2D eigenvalue weighted by Gasteiger charge is 2.08. The molecule has 2 heterocycles. The number of thiazole rings is 1. The molecule has 126 valence electrons. The van der Waals surface area contributed by atoms with E-state index in [4.69, 9.17) is 5.73 Å². The molecule has 1 aromatic carbocycles. The molecule has 0 amide bonds. The Balaban J connectivity index is 1.72. The SMILES string of the molecule is CS(=O)(=O)CCNCc1nc(-c2ccc3nccc(N)c3c2)cs1. The van der Waals surface area contributed by atoms with Crippen molar-refractivity contribution in [1.29, 1.82) is 0 Å². The van der Waals surface area contributed by atoms with Crippen molar-refractivity contribution in [2.45, 2.75) is 6.54 Å². The van der Waals surface area contributed by atoms with Gasteiger partial charge in [0.15, 0.2) is 0 Å². The van der Waals surface area contributed by atoms with Gasteiger partial charge in [0, 0.05) is 47.6 Å². The third kappa shape index (κ3) is 4.08. The predicted molar refractivity (Wildman–Crippen MR) is 98.7 cm³/mol. The van der Waals surface area contributed by atoms with E-state index in [0.29, 0.717) is 18.8 Å². The summed E-state index contributed by atoms with van der Waals surface area (Å²) in [5, 5.41) is 6.92. The van der Waals surface area contributed by atoms with Crippen molar-refractivity contribution in [3.8, 4) is 11.3 Å². The minimum Gasteiger partial charge on any atom is -0.398 e. The average Bonchev–Trinajstić information content (AvgIpc) is 3.00. The molecule has 0 aliphatic heterocycles. The summed E-state index contributed by atoms with van der Waals surface area (Å²) in [6.45, 7) is 0.976. The standard InChI is InChI=1S/C16H18N4O2S2/c1-24(21,22)7-6-18-9-16-20-15(10-23-16)11-2-3-14-12(8-11)13(17)4-5-19-14/h2-5,8,10,18H,6-7,9H2,1H3,(H2,17,19). The average molecular weight is 362 g/mol. The molecule has 8 heteroatoms. The predicted octanol–water partition coefficient (Wildman–Crippen LogP) is 2.07. The van der Waals surface area contributed by atoms with E-state index in [1.807, 2.05) is 23.6 Å². The summed E-state index contributed by atoms with van der Waals surface area (Å²) in [7, 11) is -2.94. The summed E-state index contributed by atoms with van der Waals surface area (Å²) in [5.74, 6) is 0.127. The van der Waals surface area contributed by atoms with Crippen LogP contribution in [0.5, 0.6) is 0 Å². The molecule has 0 bridgehead atoms. The fourth-order valence-electron chi connectivity index (χ4n) is 2.30. The number of rotatable bonds is 6. The fourth-order valence-corrected chi connectivity index (χ4v) is 3.59. The number of hydrogen-bond acceptors (Lipinski definition) is 7. The summed E-state index contributed by atoms with van der Waals surface area (Å²) < 4.78 is 22.2. The number of nitrogen functional groups attached to an aromatic ring is 1. The van der Waals surface area contributed by atoms with Crippen molar-refractivity contribution in [2.75, 3.05) is 24.3 Å². The number of pyridine rings is 1. The molecule has 0 radical (unpaired) electrons. The lowest BCUT2D eigenvalue weighted by atomic mass is 10.1. The van der Waals surface area contributed by atoms with E-state index in [-0.39, 0.29) is 5.75 Å². The Morgan fingerprint density at radius 3 is 2.92 bits per heavy atom. The molecule has 6 nitrogen and oxygen atoms in total.